The maximum Gasteiger partial charge on any atom is 0.317 e. The number of hydrogen-bond donors (Lipinski definition) is 1. The second-order valence-electron chi connectivity index (χ2n) is 6.34. The number of benzene rings is 1. The van der Waals surface area contributed by atoms with Crippen LogP contribution in [0.3, 0.4) is 0 Å². The smallest absolute Gasteiger partial charge is 0.317 e. The molecule has 0 aliphatic carbocycles. The van der Waals surface area contributed by atoms with Crippen LogP contribution in [0.25, 0.3) is 0 Å². The first-order valence-corrected chi connectivity index (χ1v) is 9.83. The van der Waals surface area contributed by atoms with Gasteiger partial charge in [0.1, 0.15) is 0 Å². The highest BCUT2D eigenvalue weighted by Crippen LogP contribution is 2.21. The number of aromatic nitrogens is 3. The molecule has 2 aromatic rings. The molecule has 0 fully saturated rings. The molecule has 0 spiro atoms. The molecule has 0 aliphatic heterocycles. The van der Waals surface area contributed by atoms with E-state index in [0.29, 0.717) is 18.4 Å². The Balaban J connectivity index is 2.27. The molecule has 25 heavy (non-hydrogen) atoms. The van der Waals surface area contributed by atoms with Crippen molar-refractivity contribution in [3.05, 3.63) is 35.2 Å². The summed E-state index contributed by atoms with van der Waals surface area (Å²) >= 11 is 0. The lowest BCUT2D eigenvalue weighted by Crippen LogP contribution is -2.29. The molecule has 1 N–H and O–H groups in total. The number of aryl methyl sites for hydroxylation is 2. The summed E-state index contributed by atoms with van der Waals surface area (Å²) in [7, 11) is -3.66. The van der Waals surface area contributed by atoms with E-state index < -0.39 is 16.1 Å². The molecule has 1 aromatic carbocycles. The molecule has 0 amide bonds. The quantitative estimate of drug-likeness (QED) is 0.814. The molecule has 0 unspecified atom stereocenters. The fourth-order valence-electron chi connectivity index (χ4n) is 2.45. The van der Waals surface area contributed by atoms with Crippen molar-refractivity contribution in [2.24, 2.45) is 0 Å². The lowest BCUT2D eigenvalue weighted by molar-refractivity contribution is 0.211. The van der Waals surface area contributed by atoms with Gasteiger partial charge in [0.25, 0.3) is 0 Å². The van der Waals surface area contributed by atoms with Gasteiger partial charge in [0.2, 0.25) is 10.0 Å². The van der Waals surface area contributed by atoms with E-state index in [9.17, 15) is 8.42 Å². The summed E-state index contributed by atoms with van der Waals surface area (Å²) < 4.78 is 35.4. The number of hydrogen-bond acceptors (Lipinski definition) is 5. The third-order valence-corrected chi connectivity index (χ3v) is 5.45. The summed E-state index contributed by atoms with van der Waals surface area (Å²) in [5, 5.41) is 8.14. The van der Waals surface area contributed by atoms with Gasteiger partial charge in [-0.15, -0.1) is 5.10 Å². The van der Waals surface area contributed by atoms with E-state index in [2.05, 4.69) is 14.9 Å². The Morgan fingerprint density at radius 2 is 1.84 bits per heavy atom. The molecule has 0 bridgehead atoms. The maximum atomic E-state index is 12.7. The minimum Gasteiger partial charge on any atom is -0.461 e. The zero-order chi connectivity index (χ0) is 18.8. The highest BCUT2D eigenvalue weighted by molar-refractivity contribution is 7.89. The minimum absolute atomic E-state index is 0.0371. The first-order valence-electron chi connectivity index (χ1n) is 8.35. The Morgan fingerprint density at radius 3 is 2.40 bits per heavy atom. The Kier molecular flexibility index (Phi) is 5.84. The van der Waals surface area contributed by atoms with Crippen LogP contribution in [0.15, 0.2) is 23.1 Å². The van der Waals surface area contributed by atoms with Gasteiger partial charge in [-0.1, -0.05) is 11.2 Å². The van der Waals surface area contributed by atoms with Crippen molar-refractivity contribution in [2.75, 3.05) is 0 Å². The minimum atomic E-state index is -3.66. The number of nitrogens with one attached hydrogen (secondary N) is 1. The Labute approximate surface area is 149 Å². The van der Waals surface area contributed by atoms with Gasteiger partial charge in [0.05, 0.1) is 17.0 Å². The van der Waals surface area contributed by atoms with Gasteiger partial charge in [-0.2, -0.15) is 0 Å². The summed E-state index contributed by atoms with van der Waals surface area (Å²) in [6.07, 6.45) is -0.0371. The second-order valence-corrected chi connectivity index (χ2v) is 8.05. The van der Waals surface area contributed by atoms with Crippen LogP contribution in [0, 0.1) is 13.8 Å². The van der Waals surface area contributed by atoms with Crippen molar-refractivity contribution in [2.45, 2.75) is 65.1 Å². The third kappa shape index (κ3) is 4.38. The van der Waals surface area contributed by atoms with Gasteiger partial charge >= 0.3 is 6.01 Å². The largest absolute Gasteiger partial charge is 0.461 e. The molecule has 0 aliphatic rings. The molecular weight excluding hydrogens is 340 g/mol. The van der Waals surface area contributed by atoms with E-state index in [0.717, 1.165) is 11.1 Å². The molecule has 1 aromatic heterocycles. The van der Waals surface area contributed by atoms with Crippen LogP contribution in [-0.2, 0) is 16.6 Å². The highest BCUT2D eigenvalue weighted by Gasteiger charge is 2.24. The molecule has 0 saturated carbocycles. The predicted molar refractivity (Wildman–Crippen MR) is 96.1 cm³/mol. The first-order chi connectivity index (χ1) is 11.7. The zero-order valence-corrected chi connectivity index (χ0v) is 16.4. The van der Waals surface area contributed by atoms with Crippen molar-refractivity contribution in [3.8, 4) is 6.01 Å². The van der Waals surface area contributed by atoms with Gasteiger partial charge in [0, 0.05) is 6.54 Å². The molecular formula is C17H26N4O3S. The Hall–Kier alpha value is -1.93. The summed E-state index contributed by atoms with van der Waals surface area (Å²) in [6.45, 7) is 11.9. The van der Waals surface area contributed by atoms with Gasteiger partial charge in [0.15, 0.2) is 5.82 Å². The summed E-state index contributed by atoms with van der Waals surface area (Å²) in [5.41, 5.74) is 1.98. The maximum absolute atomic E-state index is 12.7. The normalized spacial score (nSPS) is 13.2. The van der Waals surface area contributed by atoms with Crippen LogP contribution < -0.4 is 9.46 Å². The molecule has 1 atom stereocenters. The summed E-state index contributed by atoms with van der Waals surface area (Å²) in [5.74, 6) is 0.519. The molecule has 138 valence electrons. The number of nitrogens with zero attached hydrogens (tertiary/aromatic N) is 3. The highest BCUT2D eigenvalue weighted by atomic mass is 32.2. The number of sulfonamides is 1. The van der Waals surface area contributed by atoms with Gasteiger partial charge < -0.3 is 4.74 Å². The molecule has 0 radical (unpaired) electrons. The van der Waals surface area contributed by atoms with E-state index >= 15 is 0 Å². The third-order valence-electron chi connectivity index (χ3n) is 3.91. The van der Waals surface area contributed by atoms with Crippen LogP contribution in [0.5, 0.6) is 6.01 Å². The van der Waals surface area contributed by atoms with Crippen LogP contribution >= 0.6 is 0 Å². The summed E-state index contributed by atoms with van der Waals surface area (Å²) in [6, 6.07) is 4.93. The standard InChI is InChI=1S/C17H26N4O3S/c1-7-21-16(18-19-17(21)24-11(2)3)14(6)20-25(22,23)15-9-8-12(4)13(5)10-15/h8-11,14,20H,7H2,1-6H3/t14-/m1/s1. The average Bonchev–Trinajstić information content (AvgIpc) is 2.91. The summed E-state index contributed by atoms with van der Waals surface area (Å²) in [4.78, 5) is 0.240. The average molecular weight is 366 g/mol. The van der Waals surface area contributed by atoms with Crippen LogP contribution in [0.1, 0.15) is 50.7 Å². The molecule has 7 nitrogen and oxygen atoms in total. The van der Waals surface area contributed by atoms with E-state index in [4.69, 9.17) is 4.74 Å². The Morgan fingerprint density at radius 1 is 1.16 bits per heavy atom. The van der Waals surface area contributed by atoms with Crippen molar-refractivity contribution < 1.29 is 13.2 Å². The number of ether oxygens (including phenoxy) is 1. The van der Waals surface area contributed by atoms with Crippen LogP contribution in [-0.4, -0.2) is 29.3 Å². The van der Waals surface area contributed by atoms with E-state index in [1.165, 1.54) is 0 Å². The van der Waals surface area contributed by atoms with Crippen molar-refractivity contribution in [3.63, 3.8) is 0 Å². The van der Waals surface area contributed by atoms with Gasteiger partial charge in [-0.3, -0.25) is 4.57 Å². The van der Waals surface area contributed by atoms with Crippen molar-refractivity contribution in [1.29, 1.82) is 0 Å². The fourth-order valence-corrected chi connectivity index (χ4v) is 3.74. The van der Waals surface area contributed by atoms with Crippen molar-refractivity contribution in [1.82, 2.24) is 19.5 Å². The van der Waals surface area contributed by atoms with E-state index in [-0.39, 0.29) is 11.0 Å². The predicted octanol–water partition coefficient (Wildman–Crippen LogP) is 2.74. The van der Waals surface area contributed by atoms with Crippen LogP contribution in [0.2, 0.25) is 0 Å². The van der Waals surface area contributed by atoms with E-state index in [1.807, 2.05) is 34.6 Å². The lowest BCUT2D eigenvalue weighted by atomic mass is 10.1. The van der Waals surface area contributed by atoms with Gasteiger partial charge in [-0.05, 0) is 64.8 Å². The Bertz CT molecular complexity index is 844. The SMILES string of the molecule is CCn1c(OC(C)C)nnc1[C@@H](C)NS(=O)(=O)c1ccc(C)c(C)c1. The molecule has 2 rings (SSSR count). The monoisotopic (exact) mass is 366 g/mol. The topological polar surface area (TPSA) is 86.1 Å². The zero-order valence-electron chi connectivity index (χ0n) is 15.6. The lowest BCUT2D eigenvalue weighted by Gasteiger charge is -2.16. The van der Waals surface area contributed by atoms with E-state index in [1.54, 1.807) is 29.7 Å². The van der Waals surface area contributed by atoms with Crippen molar-refractivity contribution >= 4 is 10.0 Å². The molecule has 1 heterocycles. The van der Waals surface area contributed by atoms with Gasteiger partial charge in [-0.25, -0.2) is 13.1 Å². The van der Waals surface area contributed by atoms with Crippen LogP contribution in [0.4, 0.5) is 0 Å². The fraction of sp³-hybridized carbons (Fsp3) is 0.529. The second kappa shape index (κ2) is 7.53. The first kappa shape index (κ1) is 19.4. The number of rotatable bonds is 7. The molecule has 0 saturated heterocycles. The molecule has 8 heteroatoms.